The number of aliphatic hydroxyl groups is 1. The Morgan fingerprint density at radius 2 is 2.00 bits per heavy atom. The molecule has 0 atom stereocenters. The van der Waals surface area contributed by atoms with Crippen LogP contribution in [0.1, 0.15) is 40.1 Å². The molecule has 0 saturated heterocycles. The number of H-pyrrole nitrogens is 1. The maximum absolute atomic E-state index is 13.2. The summed E-state index contributed by atoms with van der Waals surface area (Å²) in [7, 11) is 0. The number of ether oxygens (including phenoxy) is 1. The Morgan fingerprint density at radius 3 is 2.79 bits per heavy atom. The average Bonchev–Trinajstić information content (AvgIpc) is 3.38. The van der Waals surface area contributed by atoms with Crippen molar-refractivity contribution in [2.24, 2.45) is 0 Å². The number of nitrogens with one attached hydrogen (secondary N) is 1. The van der Waals surface area contributed by atoms with Gasteiger partial charge in [0.1, 0.15) is 17.9 Å². The average molecular weight is 518 g/mol. The molecule has 0 amide bonds. The molecule has 0 unspecified atom stereocenters. The van der Waals surface area contributed by atoms with Crippen molar-refractivity contribution >= 4 is 10.9 Å². The summed E-state index contributed by atoms with van der Waals surface area (Å²) in [6, 6.07) is 11.9. The minimum atomic E-state index is -2.86. The molecule has 0 aliphatic heterocycles. The van der Waals surface area contributed by atoms with Gasteiger partial charge >= 0.3 is 0 Å². The Morgan fingerprint density at radius 1 is 1.16 bits per heavy atom. The van der Waals surface area contributed by atoms with Crippen molar-refractivity contribution in [1.82, 2.24) is 24.7 Å². The fourth-order valence-electron chi connectivity index (χ4n) is 4.47. The third-order valence-corrected chi connectivity index (χ3v) is 6.44. The fraction of sp³-hybridized carbons (Fsp3) is 0.214. The molecule has 0 aliphatic carbocycles. The molecule has 0 saturated carbocycles. The lowest BCUT2D eigenvalue weighted by Crippen LogP contribution is -2.24. The molecule has 5 rings (SSSR count). The van der Waals surface area contributed by atoms with Gasteiger partial charge in [0.15, 0.2) is 0 Å². The van der Waals surface area contributed by atoms with Gasteiger partial charge in [0.05, 0.1) is 36.3 Å². The Hall–Kier alpha value is -4.44. The molecule has 4 heterocycles. The molecular weight excluding hydrogens is 492 g/mol. The molecule has 8 nitrogen and oxygen atoms in total. The van der Waals surface area contributed by atoms with Crippen LogP contribution in [0.2, 0.25) is 0 Å². The molecule has 2 N–H and O–H groups in total. The summed E-state index contributed by atoms with van der Waals surface area (Å²) in [5.74, 6) is 0.545. The molecule has 194 valence electrons. The maximum Gasteiger partial charge on any atom is 0.269 e. The standard InChI is InChI=1S/C28H25F2N5O3/c1-16-8-9-31-23(13-35-10-4-6-20(27(29)30)28(35)37)22(16)15-38-24-7-3-5-19-21(11-17(2)33-26(19)24)25-18(14-36)12-32-34-25/h3-12,27,36H,13-15H2,1-2H3,(H,32,34). The van der Waals surface area contributed by atoms with Gasteiger partial charge in [-0.2, -0.15) is 5.10 Å². The van der Waals surface area contributed by atoms with Crippen LogP contribution in [-0.4, -0.2) is 29.8 Å². The van der Waals surface area contributed by atoms with Gasteiger partial charge in [-0.15, -0.1) is 0 Å². The van der Waals surface area contributed by atoms with Crippen LogP contribution in [0.4, 0.5) is 8.78 Å². The molecule has 38 heavy (non-hydrogen) atoms. The zero-order chi connectivity index (χ0) is 26.8. The van der Waals surface area contributed by atoms with Crippen molar-refractivity contribution in [2.45, 2.75) is 40.0 Å². The van der Waals surface area contributed by atoms with E-state index in [4.69, 9.17) is 9.72 Å². The SMILES string of the molecule is Cc1cc(-c2[nH]ncc2CO)c2cccc(OCc3c(C)ccnc3Cn3cccc(C(F)F)c3=O)c2n1. The highest BCUT2D eigenvalue weighted by Crippen LogP contribution is 2.34. The van der Waals surface area contributed by atoms with E-state index in [0.717, 1.165) is 33.8 Å². The number of pyridine rings is 3. The Bertz CT molecular complexity index is 1680. The third-order valence-electron chi connectivity index (χ3n) is 6.44. The molecular formula is C28H25F2N5O3. The Labute approximate surface area is 216 Å². The van der Waals surface area contributed by atoms with Gasteiger partial charge in [0.2, 0.25) is 0 Å². The topological polar surface area (TPSA) is 106 Å². The first-order valence-electron chi connectivity index (χ1n) is 11.9. The second kappa shape index (κ2) is 10.5. The predicted octanol–water partition coefficient (Wildman–Crippen LogP) is 4.86. The van der Waals surface area contributed by atoms with Crippen molar-refractivity contribution in [3.63, 3.8) is 0 Å². The Balaban J connectivity index is 1.50. The molecule has 0 radical (unpaired) electrons. The van der Waals surface area contributed by atoms with Gasteiger partial charge in [0.25, 0.3) is 12.0 Å². The van der Waals surface area contributed by atoms with E-state index in [1.54, 1.807) is 12.4 Å². The van der Waals surface area contributed by atoms with E-state index in [1.807, 2.05) is 44.2 Å². The molecule has 0 bridgehead atoms. The number of rotatable bonds is 8. The van der Waals surface area contributed by atoms with Crippen molar-refractivity contribution in [2.75, 3.05) is 0 Å². The molecule has 4 aromatic heterocycles. The highest BCUT2D eigenvalue weighted by molar-refractivity contribution is 5.97. The number of alkyl halides is 2. The zero-order valence-corrected chi connectivity index (χ0v) is 20.8. The number of aliphatic hydroxyl groups excluding tert-OH is 1. The molecule has 1 aromatic carbocycles. The van der Waals surface area contributed by atoms with Crippen LogP contribution >= 0.6 is 0 Å². The number of halogens is 2. The van der Waals surface area contributed by atoms with E-state index >= 15 is 0 Å². The normalized spacial score (nSPS) is 11.4. The van der Waals surface area contributed by atoms with Crippen molar-refractivity contribution in [3.8, 4) is 17.0 Å². The van der Waals surface area contributed by atoms with Crippen LogP contribution in [0.15, 0.2) is 65.8 Å². The quantitative estimate of drug-likeness (QED) is 0.305. The van der Waals surface area contributed by atoms with Crippen molar-refractivity contribution < 1.29 is 18.6 Å². The van der Waals surface area contributed by atoms with Crippen LogP contribution in [-0.2, 0) is 19.8 Å². The van der Waals surface area contributed by atoms with E-state index in [9.17, 15) is 18.7 Å². The van der Waals surface area contributed by atoms with Gasteiger partial charge in [-0.3, -0.25) is 14.9 Å². The fourth-order valence-corrected chi connectivity index (χ4v) is 4.47. The number of nitrogens with zero attached hydrogens (tertiary/aromatic N) is 4. The van der Waals surface area contributed by atoms with Crippen LogP contribution < -0.4 is 10.3 Å². The van der Waals surface area contributed by atoms with E-state index < -0.39 is 17.5 Å². The van der Waals surface area contributed by atoms with Crippen LogP contribution in [0, 0.1) is 13.8 Å². The minimum absolute atomic E-state index is 0.0283. The summed E-state index contributed by atoms with van der Waals surface area (Å²) in [5, 5.41) is 17.6. The number of hydrogen-bond donors (Lipinski definition) is 2. The van der Waals surface area contributed by atoms with Crippen LogP contribution in [0.25, 0.3) is 22.2 Å². The van der Waals surface area contributed by atoms with Gasteiger partial charge in [-0.25, -0.2) is 13.8 Å². The van der Waals surface area contributed by atoms with Gasteiger partial charge in [0, 0.05) is 40.2 Å². The monoisotopic (exact) mass is 517 g/mol. The molecule has 5 aromatic rings. The zero-order valence-electron chi connectivity index (χ0n) is 20.8. The minimum Gasteiger partial charge on any atom is -0.487 e. The maximum atomic E-state index is 13.2. The molecule has 0 aliphatic rings. The van der Waals surface area contributed by atoms with Crippen molar-refractivity contribution in [1.29, 1.82) is 0 Å². The largest absolute Gasteiger partial charge is 0.487 e. The predicted molar refractivity (Wildman–Crippen MR) is 138 cm³/mol. The summed E-state index contributed by atoms with van der Waals surface area (Å²) in [5.41, 5.74) is 4.53. The van der Waals surface area contributed by atoms with Crippen LogP contribution in [0.3, 0.4) is 0 Å². The number of aromatic amines is 1. The van der Waals surface area contributed by atoms with Gasteiger partial charge < -0.3 is 14.4 Å². The first-order chi connectivity index (χ1) is 18.4. The van der Waals surface area contributed by atoms with E-state index in [2.05, 4.69) is 15.2 Å². The lowest BCUT2D eigenvalue weighted by molar-refractivity contribution is 0.149. The third kappa shape index (κ3) is 4.78. The summed E-state index contributed by atoms with van der Waals surface area (Å²) >= 11 is 0. The summed E-state index contributed by atoms with van der Waals surface area (Å²) in [6.07, 6.45) is 1.82. The highest BCUT2D eigenvalue weighted by atomic mass is 19.3. The first kappa shape index (κ1) is 25.2. The molecule has 0 fully saturated rings. The number of fused-ring (bicyclic) bond motifs is 1. The van der Waals surface area contributed by atoms with Gasteiger partial charge in [-0.1, -0.05) is 12.1 Å². The van der Waals surface area contributed by atoms with E-state index in [-0.39, 0.29) is 19.8 Å². The summed E-state index contributed by atoms with van der Waals surface area (Å²) < 4.78 is 34.0. The summed E-state index contributed by atoms with van der Waals surface area (Å²) in [4.78, 5) is 21.7. The smallest absolute Gasteiger partial charge is 0.269 e. The number of aromatic nitrogens is 5. The number of aryl methyl sites for hydroxylation is 2. The van der Waals surface area contributed by atoms with E-state index in [0.29, 0.717) is 28.2 Å². The summed E-state index contributed by atoms with van der Waals surface area (Å²) in [6.45, 7) is 3.79. The second-order valence-corrected chi connectivity index (χ2v) is 8.93. The van der Waals surface area contributed by atoms with Crippen molar-refractivity contribution in [3.05, 3.63) is 105 Å². The number of hydrogen-bond acceptors (Lipinski definition) is 6. The number of para-hydroxylation sites is 1. The van der Waals surface area contributed by atoms with E-state index in [1.165, 1.54) is 16.8 Å². The van der Waals surface area contributed by atoms with Gasteiger partial charge in [-0.05, 0) is 49.7 Å². The lowest BCUT2D eigenvalue weighted by Gasteiger charge is -2.16. The highest BCUT2D eigenvalue weighted by Gasteiger charge is 2.17. The first-order valence-corrected chi connectivity index (χ1v) is 11.9. The molecule has 0 spiro atoms. The molecule has 10 heteroatoms. The number of benzene rings is 1. The second-order valence-electron chi connectivity index (χ2n) is 8.93. The van der Waals surface area contributed by atoms with Crippen LogP contribution in [0.5, 0.6) is 5.75 Å². The lowest BCUT2D eigenvalue weighted by atomic mass is 10.0. The Kier molecular flexibility index (Phi) is 6.97.